The van der Waals surface area contributed by atoms with Gasteiger partial charge in [0, 0.05) is 37.7 Å². The Balaban J connectivity index is 1.50. The molecule has 5 atom stereocenters. The number of phenols is 1. The number of carbonyl (C=O) groups is 7. The first kappa shape index (κ1) is 45.2. The summed E-state index contributed by atoms with van der Waals surface area (Å²) in [5.74, 6) is -5.18. The molecule has 1 aromatic heterocycles. The first-order valence-corrected chi connectivity index (χ1v) is 19.4. The molecule has 0 aliphatic carbocycles. The van der Waals surface area contributed by atoms with Crippen molar-refractivity contribution in [1.29, 1.82) is 0 Å². The molecule has 0 bridgehead atoms. The van der Waals surface area contributed by atoms with Crippen LogP contribution in [-0.2, 0) is 52.8 Å². The molecule has 18 heteroatoms. The molecule has 0 saturated carbocycles. The molecule has 1 saturated heterocycles. The Hall–Kier alpha value is -6.46. The number of carboxylic acid groups (broad SMARTS) is 1. The number of nitrogens with zero attached hydrogens (tertiary/aromatic N) is 2. The number of benzene rings is 2. The minimum atomic E-state index is -1.25. The molecule has 2 heterocycles. The number of aromatic amines is 1. The van der Waals surface area contributed by atoms with Crippen LogP contribution in [-0.4, -0.2) is 116 Å². The predicted octanol–water partition coefficient (Wildman–Crippen LogP) is 1.34. The molecule has 8 N–H and O–H groups in total. The standard InChI is InChI=1S/C41H54N8O10/c1-24(2)34(48-35(52)29(18-26-13-15-28(50)16-14-26)45-33(51)22-43-40(58)59-41(3,4)5)37(54)46-30(20-27-21-42-23-44-27)38(55)49-17-9-12-32(49)36(53)47-31(39(56)57)19-25-10-7-6-8-11-25/h6-8,10-11,13-16,21,23-24,29-32,34,50H,9,12,17-20,22H2,1-5H3,(H,42,44)(H,43,58)(H,45,51)(H,46,54)(H,47,53)(H,48,52)(H,56,57)/t29-,30-,31-,32-,34-/m0/s1. The van der Waals surface area contributed by atoms with Gasteiger partial charge in [-0.2, -0.15) is 0 Å². The third-order valence-electron chi connectivity index (χ3n) is 9.40. The molecule has 318 valence electrons. The number of rotatable bonds is 18. The minimum Gasteiger partial charge on any atom is -0.508 e. The van der Waals surface area contributed by atoms with Crippen molar-refractivity contribution in [2.24, 2.45) is 5.92 Å². The molecule has 0 spiro atoms. The molecule has 1 fully saturated rings. The maximum Gasteiger partial charge on any atom is 0.408 e. The van der Waals surface area contributed by atoms with Crippen LogP contribution in [0.3, 0.4) is 0 Å². The molecule has 6 amide bonds. The van der Waals surface area contributed by atoms with Gasteiger partial charge in [-0.3, -0.25) is 24.0 Å². The first-order chi connectivity index (χ1) is 27.9. The summed E-state index contributed by atoms with van der Waals surface area (Å²) in [5.41, 5.74) is 0.963. The fraction of sp³-hybridized carbons (Fsp3) is 0.463. The van der Waals surface area contributed by atoms with Crippen molar-refractivity contribution in [3.63, 3.8) is 0 Å². The van der Waals surface area contributed by atoms with Crippen LogP contribution in [0, 0.1) is 5.92 Å². The number of aromatic nitrogens is 2. The molecule has 1 aliphatic rings. The summed E-state index contributed by atoms with van der Waals surface area (Å²) < 4.78 is 5.18. The van der Waals surface area contributed by atoms with E-state index in [2.05, 4.69) is 36.6 Å². The SMILES string of the molecule is CC(C)[C@H](NC(=O)[C@H](Cc1ccc(O)cc1)NC(=O)CNC(=O)OC(C)(C)C)C(=O)N[C@@H](Cc1cnc[nH]1)C(=O)N1CCC[C@H]1C(=O)N[C@@H](Cc1ccccc1)C(=O)O. The van der Waals surface area contributed by atoms with Crippen LogP contribution in [0.4, 0.5) is 4.79 Å². The Morgan fingerprint density at radius 2 is 1.51 bits per heavy atom. The van der Waals surface area contributed by atoms with E-state index in [1.165, 1.54) is 29.6 Å². The molecule has 3 aromatic rings. The minimum absolute atomic E-state index is 0.00971. The van der Waals surface area contributed by atoms with E-state index in [0.717, 1.165) is 0 Å². The van der Waals surface area contributed by atoms with Crippen LogP contribution < -0.4 is 26.6 Å². The topological polar surface area (TPSA) is 261 Å². The number of aromatic hydroxyl groups is 1. The van der Waals surface area contributed by atoms with Gasteiger partial charge in [0.2, 0.25) is 29.5 Å². The van der Waals surface area contributed by atoms with Crippen molar-refractivity contribution in [3.8, 4) is 5.75 Å². The number of H-pyrrole nitrogens is 1. The maximum atomic E-state index is 14.3. The van der Waals surface area contributed by atoms with Gasteiger partial charge in [0.25, 0.3) is 0 Å². The van der Waals surface area contributed by atoms with Crippen LogP contribution in [0.15, 0.2) is 67.1 Å². The van der Waals surface area contributed by atoms with Gasteiger partial charge >= 0.3 is 12.1 Å². The number of hydrogen-bond donors (Lipinski definition) is 8. The third kappa shape index (κ3) is 14.2. The van der Waals surface area contributed by atoms with E-state index in [9.17, 15) is 43.8 Å². The Labute approximate surface area is 342 Å². The summed E-state index contributed by atoms with van der Waals surface area (Å²) in [4.78, 5) is 101. The van der Waals surface area contributed by atoms with Crippen LogP contribution >= 0.6 is 0 Å². The number of aliphatic carboxylic acids is 1. The number of alkyl carbamates (subject to hydrolysis) is 1. The monoisotopic (exact) mass is 818 g/mol. The van der Waals surface area contributed by atoms with E-state index in [-0.39, 0.29) is 38.0 Å². The molecule has 4 rings (SSSR count). The van der Waals surface area contributed by atoms with E-state index in [1.54, 1.807) is 77.1 Å². The van der Waals surface area contributed by atoms with Gasteiger partial charge in [-0.15, -0.1) is 0 Å². The quantitative estimate of drug-likeness (QED) is 0.0909. The second-order valence-electron chi connectivity index (χ2n) is 15.7. The smallest absolute Gasteiger partial charge is 0.408 e. The van der Waals surface area contributed by atoms with Gasteiger partial charge in [-0.05, 0) is 62.8 Å². The van der Waals surface area contributed by atoms with E-state index < -0.39 is 89.9 Å². The Morgan fingerprint density at radius 1 is 0.847 bits per heavy atom. The number of nitrogens with one attached hydrogen (secondary N) is 6. The average Bonchev–Trinajstić information content (AvgIpc) is 3.88. The van der Waals surface area contributed by atoms with Crippen molar-refractivity contribution in [3.05, 3.63) is 83.9 Å². The van der Waals surface area contributed by atoms with Crippen molar-refractivity contribution < 1.29 is 48.5 Å². The lowest BCUT2D eigenvalue weighted by molar-refractivity contribution is -0.145. The second-order valence-corrected chi connectivity index (χ2v) is 15.7. The van der Waals surface area contributed by atoms with Gasteiger partial charge in [-0.25, -0.2) is 14.6 Å². The summed E-state index contributed by atoms with van der Waals surface area (Å²) in [6.07, 6.45) is 2.71. The highest BCUT2D eigenvalue weighted by Crippen LogP contribution is 2.21. The molecule has 2 aromatic carbocycles. The third-order valence-corrected chi connectivity index (χ3v) is 9.40. The number of ether oxygens (including phenoxy) is 1. The van der Waals surface area contributed by atoms with Crippen molar-refractivity contribution in [2.75, 3.05) is 13.1 Å². The van der Waals surface area contributed by atoms with Crippen LogP contribution in [0.5, 0.6) is 5.75 Å². The highest BCUT2D eigenvalue weighted by molar-refractivity contribution is 5.97. The lowest BCUT2D eigenvalue weighted by atomic mass is 10.00. The Bertz CT molecular complexity index is 1920. The highest BCUT2D eigenvalue weighted by Gasteiger charge is 2.40. The van der Waals surface area contributed by atoms with Gasteiger partial charge < -0.3 is 51.4 Å². The number of imidazole rings is 1. The van der Waals surface area contributed by atoms with E-state index in [4.69, 9.17) is 4.74 Å². The van der Waals surface area contributed by atoms with E-state index in [1.807, 2.05) is 0 Å². The van der Waals surface area contributed by atoms with Gasteiger partial charge in [0.1, 0.15) is 48.1 Å². The van der Waals surface area contributed by atoms with Crippen LogP contribution in [0.2, 0.25) is 0 Å². The maximum absolute atomic E-state index is 14.3. The molecular weight excluding hydrogens is 764 g/mol. The zero-order valence-corrected chi connectivity index (χ0v) is 33.8. The number of hydrogen-bond acceptors (Lipinski definition) is 10. The lowest BCUT2D eigenvalue weighted by Crippen LogP contribution is -2.60. The zero-order chi connectivity index (χ0) is 43.3. The molecule has 59 heavy (non-hydrogen) atoms. The van der Waals surface area contributed by atoms with E-state index in [0.29, 0.717) is 23.2 Å². The summed E-state index contributed by atoms with van der Waals surface area (Å²) in [5, 5.41) is 32.7. The van der Waals surface area contributed by atoms with E-state index >= 15 is 0 Å². The predicted molar refractivity (Wildman–Crippen MR) is 213 cm³/mol. The van der Waals surface area contributed by atoms with Crippen molar-refractivity contribution in [2.45, 2.75) is 103 Å². The molecule has 0 unspecified atom stereocenters. The lowest BCUT2D eigenvalue weighted by Gasteiger charge is -2.31. The van der Waals surface area contributed by atoms with Gasteiger partial charge in [-0.1, -0.05) is 56.3 Å². The van der Waals surface area contributed by atoms with Crippen molar-refractivity contribution in [1.82, 2.24) is 41.5 Å². The Morgan fingerprint density at radius 3 is 2.12 bits per heavy atom. The second kappa shape index (κ2) is 20.8. The summed E-state index contributed by atoms with van der Waals surface area (Å²) in [7, 11) is 0. The normalized spacial score (nSPS) is 15.9. The van der Waals surface area contributed by atoms with Crippen LogP contribution in [0.25, 0.3) is 0 Å². The average molecular weight is 819 g/mol. The first-order valence-electron chi connectivity index (χ1n) is 19.4. The molecule has 1 aliphatic heterocycles. The molecule has 0 radical (unpaired) electrons. The molecule has 18 nitrogen and oxygen atoms in total. The fourth-order valence-electron chi connectivity index (χ4n) is 6.48. The highest BCUT2D eigenvalue weighted by atomic mass is 16.6. The number of likely N-dealkylation sites (tertiary alicyclic amines) is 1. The number of carbonyl (C=O) groups excluding carboxylic acids is 6. The Kier molecular flexibility index (Phi) is 16.0. The van der Waals surface area contributed by atoms with Crippen LogP contribution in [0.1, 0.15) is 64.3 Å². The summed E-state index contributed by atoms with van der Waals surface area (Å²) >= 11 is 0. The number of phenolic OH excluding ortho intramolecular Hbond substituents is 1. The summed E-state index contributed by atoms with van der Waals surface area (Å²) in [6, 6.07) is 8.84. The number of amides is 6. The number of carboxylic acids is 1. The zero-order valence-electron chi connectivity index (χ0n) is 33.8. The van der Waals surface area contributed by atoms with Crippen molar-refractivity contribution >= 4 is 41.6 Å². The molecular formula is C41H54N8O10. The fourth-order valence-corrected chi connectivity index (χ4v) is 6.48. The van der Waals surface area contributed by atoms with Gasteiger partial charge in [0.05, 0.1) is 6.33 Å². The summed E-state index contributed by atoms with van der Waals surface area (Å²) in [6.45, 7) is 8.02. The largest absolute Gasteiger partial charge is 0.508 e. The van der Waals surface area contributed by atoms with Gasteiger partial charge in [0.15, 0.2) is 0 Å².